The second kappa shape index (κ2) is 7.49. The highest BCUT2D eigenvalue weighted by molar-refractivity contribution is 8.00. The molecule has 0 saturated heterocycles. The van der Waals surface area contributed by atoms with Gasteiger partial charge in [0.2, 0.25) is 5.91 Å². The third kappa shape index (κ3) is 4.37. The highest BCUT2D eigenvalue weighted by atomic mass is 35.5. The average molecular weight is 357 g/mol. The van der Waals surface area contributed by atoms with Crippen LogP contribution in [0.3, 0.4) is 0 Å². The van der Waals surface area contributed by atoms with Gasteiger partial charge >= 0.3 is 5.97 Å². The zero-order chi connectivity index (χ0) is 16.1. The van der Waals surface area contributed by atoms with Gasteiger partial charge in [0.05, 0.1) is 22.0 Å². The van der Waals surface area contributed by atoms with Crippen LogP contribution in [0, 0.1) is 0 Å². The molecule has 0 radical (unpaired) electrons. The van der Waals surface area contributed by atoms with Crippen LogP contribution < -0.4 is 5.32 Å². The van der Waals surface area contributed by atoms with Crippen molar-refractivity contribution in [3.8, 4) is 0 Å². The molecule has 0 spiro atoms. The van der Waals surface area contributed by atoms with Crippen molar-refractivity contribution in [3.05, 3.63) is 52.1 Å². The summed E-state index contributed by atoms with van der Waals surface area (Å²) in [7, 11) is 0. The molecule has 2 N–H and O–H groups in total. The Balaban J connectivity index is 2.00. The van der Waals surface area contributed by atoms with Gasteiger partial charge in [-0.2, -0.15) is 0 Å². The molecule has 1 aromatic carbocycles. The van der Waals surface area contributed by atoms with Crippen LogP contribution in [0.15, 0.2) is 41.6 Å². The SMILES string of the molecule is O=C(CSc1ncccc1C(=O)O)Nc1ccc(Cl)cc1Cl. The van der Waals surface area contributed by atoms with Crippen LogP contribution in [0.1, 0.15) is 10.4 Å². The number of nitrogens with one attached hydrogen (secondary N) is 1. The summed E-state index contributed by atoms with van der Waals surface area (Å²) in [5, 5.41) is 12.8. The minimum absolute atomic E-state index is 0.0102. The van der Waals surface area contributed by atoms with E-state index in [4.69, 9.17) is 28.3 Å². The largest absolute Gasteiger partial charge is 0.478 e. The summed E-state index contributed by atoms with van der Waals surface area (Å²) in [6, 6.07) is 7.69. The third-order valence-electron chi connectivity index (χ3n) is 2.55. The number of hydrogen-bond donors (Lipinski definition) is 2. The van der Waals surface area contributed by atoms with Gasteiger partial charge in [-0.3, -0.25) is 4.79 Å². The average Bonchev–Trinajstić information content (AvgIpc) is 2.48. The van der Waals surface area contributed by atoms with Gasteiger partial charge in [-0.25, -0.2) is 9.78 Å². The quantitative estimate of drug-likeness (QED) is 0.796. The predicted molar refractivity (Wildman–Crippen MR) is 87.0 cm³/mol. The number of benzene rings is 1. The number of amides is 1. The van der Waals surface area contributed by atoms with E-state index in [-0.39, 0.29) is 22.2 Å². The molecule has 0 aliphatic rings. The number of aromatic carboxylic acids is 1. The number of nitrogens with zero attached hydrogens (tertiary/aromatic N) is 1. The van der Waals surface area contributed by atoms with E-state index >= 15 is 0 Å². The molecule has 0 aliphatic carbocycles. The van der Waals surface area contributed by atoms with Crippen molar-refractivity contribution < 1.29 is 14.7 Å². The third-order valence-corrected chi connectivity index (χ3v) is 4.10. The topological polar surface area (TPSA) is 79.3 Å². The number of pyridine rings is 1. The van der Waals surface area contributed by atoms with Gasteiger partial charge in [0, 0.05) is 11.2 Å². The fourth-order valence-corrected chi connectivity index (χ4v) is 2.82. The second-order valence-electron chi connectivity index (χ2n) is 4.12. The fourth-order valence-electron chi connectivity index (χ4n) is 1.58. The van der Waals surface area contributed by atoms with Gasteiger partial charge in [0.15, 0.2) is 0 Å². The molecule has 5 nitrogen and oxygen atoms in total. The molecular weight excluding hydrogens is 347 g/mol. The first-order valence-corrected chi connectivity index (χ1v) is 7.77. The number of carbonyl (C=O) groups excluding carboxylic acids is 1. The molecule has 8 heteroatoms. The summed E-state index contributed by atoms with van der Waals surface area (Å²) in [6.07, 6.45) is 1.47. The lowest BCUT2D eigenvalue weighted by molar-refractivity contribution is -0.113. The Morgan fingerprint density at radius 2 is 2.05 bits per heavy atom. The normalized spacial score (nSPS) is 10.3. The number of hydrogen-bond acceptors (Lipinski definition) is 4. The van der Waals surface area contributed by atoms with E-state index < -0.39 is 5.97 Å². The van der Waals surface area contributed by atoms with E-state index in [1.54, 1.807) is 12.1 Å². The van der Waals surface area contributed by atoms with Crippen LogP contribution in [-0.4, -0.2) is 27.7 Å². The zero-order valence-electron chi connectivity index (χ0n) is 11.0. The van der Waals surface area contributed by atoms with Crippen molar-refractivity contribution >= 4 is 52.5 Å². The summed E-state index contributed by atoms with van der Waals surface area (Å²) in [4.78, 5) is 26.9. The van der Waals surface area contributed by atoms with Crippen LogP contribution >= 0.6 is 35.0 Å². The summed E-state index contributed by atoms with van der Waals surface area (Å²) in [6.45, 7) is 0. The number of carboxylic acids is 1. The molecule has 0 fully saturated rings. The number of carbonyl (C=O) groups is 2. The first-order chi connectivity index (χ1) is 10.5. The maximum atomic E-state index is 11.9. The first kappa shape index (κ1) is 16.6. The Morgan fingerprint density at radius 1 is 1.27 bits per heavy atom. The van der Waals surface area contributed by atoms with Crippen LogP contribution in [0.25, 0.3) is 0 Å². The minimum atomic E-state index is -1.09. The van der Waals surface area contributed by atoms with Gasteiger partial charge in [-0.1, -0.05) is 35.0 Å². The molecule has 0 saturated carbocycles. The van der Waals surface area contributed by atoms with Crippen LogP contribution in [-0.2, 0) is 4.79 Å². The molecule has 1 heterocycles. The van der Waals surface area contributed by atoms with E-state index in [0.717, 1.165) is 11.8 Å². The van der Waals surface area contributed by atoms with Gasteiger partial charge in [0.1, 0.15) is 5.03 Å². The molecule has 0 unspecified atom stereocenters. The fraction of sp³-hybridized carbons (Fsp3) is 0.0714. The summed E-state index contributed by atoms with van der Waals surface area (Å²) in [5.74, 6) is -1.40. The van der Waals surface area contributed by atoms with Gasteiger partial charge in [-0.15, -0.1) is 0 Å². The molecule has 0 atom stereocenters. The van der Waals surface area contributed by atoms with Crippen LogP contribution in [0.2, 0.25) is 10.0 Å². The van der Waals surface area contributed by atoms with Crippen molar-refractivity contribution in [2.75, 3.05) is 11.1 Å². The lowest BCUT2D eigenvalue weighted by atomic mass is 10.3. The van der Waals surface area contributed by atoms with E-state index in [1.165, 1.54) is 24.4 Å². The van der Waals surface area contributed by atoms with Gasteiger partial charge < -0.3 is 10.4 Å². The Labute approximate surface area is 140 Å². The first-order valence-electron chi connectivity index (χ1n) is 6.03. The van der Waals surface area contributed by atoms with Crippen LogP contribution in [0.5, 0.6) is 0 Å². The molecule has 1 aromatic heterocycles. The molecule has 0 bridgehead atoms. The number of rotatable bonds is 5. The molecule has 0 aliphatic heterocycles. The Hall–Kier alpha value is -1.76. The standard InChI is InChI=1S/C14H10Cl2N2O3S/c15-8-3-4-11(10(16)6-8)18-12(19)7-22-13-9(14(20)21)2-1-5-17-13/h1-6H,7H2,(H,18,19)(H,20,21). The summed E-state index contributed by atoms with van der Waals surface area (Å²) in [5.41, 5.74) is 0.501. The Morgan fingerprint density at radius 3 is 2.73 bits per heavy atom. The van der Waals surface area contributed by atoms with E-state index in [2.05, 4.69) is 10.3 Å². The predicted octanol–water partition coefficient (Wildman–Crippen LogP) is 3.82. The highest BCUT2D eigenvalue weighted by Gasteiger charge is 2.13. The van der Waals surface area contributed by atoms with Crippen LogP contribution in [0.4, 0.5) is 5.69 Å². The number of carboxylic acid groups (broad SMARTS) is 1. The summed E-state index contributed by atoms with van der Waals surface area (Å²) < 4.78 is 0. The monoisotopic (exact) mass is 356 g/mol. The van der Waals surface area contributed by atoms with Crippen molar-refractivity contribution in [3.63, 3.8) is 0 Å². The molecule has 2 rings (SSSR count). The highest BCUT2D eigenvalue weighted by Crippen LogP contribution is 2.26. The van der Waals surface area contributed by atoms with Crippen molar-refractivity contribution in [2.24, 2.45) is 0 Å². The molecule has 1 amide bonds. The molecule has 2 aromatic rings. The van der Waals surface area contributed by atoms with E-state index in [9.17, 15) is 9.59 Å². The van der Waals surface area contributed by atoms with Crippen molar-refractivity contribution in [1.82, 2.24) is 4.98 Å². The number of aromatic nitrogens is 1. The maximum absolute atomic E-state index is 11.9. The smallest absolute Gasteiger partial charge is 0.338 e. The Kier molecular flexibility index (Phi) is 5.65. The van der Waals surface area contributed by atoms with Gasteiger partial charge in [-0.05, 0) is 30.3 Å². The number of anilines is 1. The summed E-state index contributed by atoms with van der Waals surface area (Å²) >= 11 is 12.8. The van der Waals surface area contributed by atoms with Crippen molar-refractivity contribution in [2.45, 2.75) is 5.03 Å². The number of thioether (sulfide) groups is 1. The van der Waals surface area contributed by atoms with E-state index in [0.29, 0.717) is 15.7 Å². The zero-order valence-corrected chi connectivity index (χ0v) is 13.4. The maximum Gasteiger partial charge on any atom is 0.338 e. The lowest BCUT2D eigenvalue weighted by Gasteiger charge is -2.08. The molecule has 22 heavy (non-hydrogen) atoms. The molecular formula is C14H10Cl2N2O3S. The molecule has 114 valence electrons. The lowest BCUT2D eigenvalue weighted by Crippen LogP contribution is -2.15. The number of halogens is 2. The van der Waals surface area contributed by atoms with E-state index in [1.807, 2.05) is 0 Å². The Bertz CT molecular complexity index is 725. The second-order valence-corrected chi connectivity index (χ2v) is 5.93. The van der Waals surface area contributed by atoms with Gasteiger partial charge in [0.25, 0.3) is 0 Å². The van der Waals surface area contributed by atoms with Crippen molar-refractivity contribution in [1.29, 1.82) is 0 Å². The minimum Gasteiger partial charge on any atom is -0.478 e.